The van der Waals surface area contributed by atoms with Gasteiger partial charge < -0.3 is 28.8 Å². The molecule has 1 aromatic heterocycles. The van der Waals surface area contributed by atoms with Gasteiger partial charge in [0.25, 0.3) is 11.8 Å². The monoisotopic (exact) mass is 410 g/mol. The van der Waals surface area contributed by atoms with Gasteiger partial charge in [0, 0.05) is 18.5 Å². The summed E-state index contributed by atoms with van der Waals surface area (Å²) in [5, 5.41) is 3.48. The van der Waals surface area contributed by atoms with Crippen LogP contribution in [0.1, 0.15) is 20.9 Å². The van der Waals surface area contributed by atoms with Crippen LogP contribution in [0.3, 0.4) is 0 Å². The molecule has 4 rings (SSSR count). The zero-order valence-electron chi connectivity index (χ0n) is 16.8. The summed E-state index contributed by atoms with van der Waals surface area (Å²) in [4.78, 5) is 28.0. The van der Waals surface area contributed by atoms with E-state index < -0.39 is 5.91 Å². The Morgan fingerprint density at radius 2 is 1.63 bits per heavy atom. The number of rotatable bonds is 5. The number of anilines is 1. The average Bonchev–Trinajstić information content (AvgIpc) is 3.16. The number of hydrogen-bond donors (Lipinski definition) is 1. The van der Waals surface area contributed by atoms with Gasteiger partial charge >= 0.3 is 0 Å². The van der Waals surface area contributed by atoms with Gasteiger partial charge in [-0.3, -0.25) is 9.59 Å². The number of furan rings is 1. The van der Waals surface area contributed by atoms with E-state index in [4.69, 9.17) is 18.6 Å². The Bertz CT molecular complexity index is 1060. The Morgan fingerprint density at radius 3 is 2.30 bits per heavy atom. The lowest BCUT2D eigenvalue weighted by Gasteiger charge is -2.26. The van der Waals surface area contributed by atoms with Crippen LogP contribution in [0.4, 0.5) is 5.69 Å². The molecule has 0 atom stereocenters. The molecule has 3 aromatic rings. The summed E-state index contributed by atoms with van der Waals surface area (Å²) < 4.78 is 21.9. The second-order valence-electron chi connectivity index (χ2n) is 6.70. The predicted octanol–water partition coefficient (Wildman–Crippen LogP) is 3.17. The summed E-state index contributed by atoms with van der Waals surface area (Å²) in [5.74, 6) is 0.0467. The molecule has 2 aromatic carbocycles. The third-order valence-corrected chi connectivity index (χ3v) is 4.98. The minimum Gasteiger partial charge on any atom is -0.496 e. The summed E-state index contributed by atoms with van der Waals surface area (Å²) in [5.41, 5.74) is 1.06. The number of methoxy groups -OCH3 is 2. The van der Waals surface area contributed by atoms with Gasteiger partial charge in [0.15, 0.2) is 0 Å². The Labute approximate surface area is 173 Å². The third-order valence-electron chi connectivity index (χ3n) is 4.98. The number of para-hydroxylation sites is 1. The van der Waals surface area contributed by atoms with E-state index in [1.165, 1.54) is 14.2 Å². The lowest BCUT2D eigenvalue weighted by Crippen LogP contribution is -2.40. The van der Waals surface area contributed by atoms with Crippen LogP contribution in [0.15, 0.2) is 46.9 Å². The molecule has 0 aliphatic carbocycles. The van der Waals surface area contributed by atoms with Crippen LogP contribution in [0, 0.1) is 0 Å². The Morgan fingerprint density at radius 1 is 0.967 bits per heavy atom. The molecule has 0 unspecified atom stereocenters. The molecule has 8 heteroatoms. The van der Waals surface area contributed by atoms with Gasteiger partial charge in [-0.25, -0.2) is 0 Å². The van der Waals surface area contributed by atoms with Gasteiger partial charge in [0.2, 0.25) is 5.76 Å². The van der Waals surface area contributed by atoms with E-state index in [-0.39, 0.29) is 17.2 Å². The quantitative estimate of drug-likeness (QED) is 0.695. The van der Waals surface area contributed by atoms with E-state index in [0.29, 0.717) is 54.5 Å². The van der Waals surface area contributed by atoms with Crippen molar-refractivity contribution in [2.75, 3.05) is 45.8 Å². The minimum absolute atomic E-state index is 0.0836. The fraction of sp³-hybridized carbons (Fsp3) is 0.273. The molecule has 1 aliphatic heterocycles. The third kappa shape index (κ3) is 3.57. The van der Waals surface area contributed by atoms with E-state index in [9.17, 15) is 9.59 Å². The molecule has 2 amide bonds. The smallest absolute Gasteiger partial charge is 0.291 e. The highest BCUT2D eigenvalue weighted by molar-refractivity contribution is 6.16. The minimum atomic E-state index is -0.466. The first-order chi connectivity index (χ1) is 14.6. The average molecular weight is 410 g/mol. The molecule has 0 saturated carbocycles. The van der Waals surface area contributed by atoms with E-state index in [2.05, 4.69) is 5.32 Å². The van der Waals surface area contributed by atoms with Crippen LogP contribution >= 0.6 is 0 Å². The summed E-state index contributed by atoms with van der Waals surface area (Å²) in [6.45, 7) is 1.85. The van der Waals surface area contributed by atoms with Crippen molar-refractivity contribution in [3.8, 4) is 11.5 Å². The van der Waals surface area contributed by atoms with Crippen molar-refractivity contribution in [1.29, 1.82) is 0 Å². The largest absolute Gasteiger partial charge is 0.496 e. The number of nitrogens with zero attached hydrogens (tertiary/aromatic N) is 1. The SMILES string of the molecule is COc1cccc(OC)c1C(=O)Nc1c(C(=O)N2CCOCC2)oc2ccccc12. The second-order valence-corrected chi connectivity index (χ2v) is 6.70. The number of fused-ring (bicyclic) bond motifs is 1. The summed E-state index contributed by atoms with van der Waals surface area (Å²) in [6, 6.07) is 12.3. The van der Waals surface area contributed by atoms with Crippen molar-refractivity contribution >= 4 is 28.5 Å². The van der Waals surface area contributed by atoms with Crippen molar-refractivity contribution in [1.82, 2.24) is 4.90 Å². The van der Waals surface area contributed by atoms with Crippen molar-refractivity contribution in [2.45, 2.75) is 0 Å². The number of carbonyl (C=O) groups excluding carboxylic acids is 2. The molecular formula is C22H22N2O6. The molecule has 156 valence electrons. The van der Waals surface area contributed by atoms with E-state index in [1.54, 1.807) is 35.2 Å². The van der Waals surface area contributed by atoms with E-state index >= 15 is 0 Å². The fourth-order valence-corrected chi connectivity index (χ4v) is 3.48. The van der Waals surface area contributed by atoms with Crippen LogP contribution in [0.2, 0.25) is 0 Å². The first-order valence-electron chi connectivity index (χ1n) is 9.55. The number of hydrogen-bond acceptors (Lipinski definition) is 6. The zero-order valence-corrected chi connectivity index (χ0v) is 16.8. The highest BCUT2D eigenvalue weighted by Gasteiger charge is 2.29. The number of nitrogens with one attached hydrogen (secondary N) is 1. The van der Waals surface area contributed by atoms with Crippen LogP contribution < -0.4 is 14.8 Å². The van der Waals surface area contributed by atoms with Gasteiger partial charge in [-0.1, -0.05) is 18.2 Å². The molecule has 1 N–H and O–H groups in total. The second kappa shape index (κ2) is 8.46. The fourth-order valence-electron chi connectivity index (χ4n) is 3.48. The normalized spacial score (nSPS) is 13.9. The molecule has 1 fully saturated rings. The maximum Gasteiger partial charge on any atom is 0.291 e. The Balaban J connectivity index is 1.75. The molecule has 30 heavy (non-hydrogen) atoms. The zero-order chi connectivity index (χ0) is 21.1. The van der Waals surface area contributed by atoms with Crippen LogP contribution in [-0.4, -0.2) is 57.2 Å². The number of benzene rings is 2. The molecule has 0 bridgehead atoms. The molecule has 0 spiro atoms. The summed E-state index contributed by atoms with van der Waals surface area (Å²) in [7, 11) is 2.96. The standard InChI is InChI=1S/C22H22N2O6/c1-27-16-8-5-9-17(28-2)18(16)21(25)23-19-14-6-3-4-7-15(14)30-20(19)22(26)24-10-12-29-13-11-24/h3-9H,10-13H2,1-2H3,(H,23,25). The summed E-state index contributed by atoms with van der Waals surface area (Å²) in [6.07, 6.45) is 0. The van der Waals surface area contributed by atoms with Crippen molar-refractivity contribution in [3.63, 3.8) is 0 Å². The van der Waals surface area contributed by atoms with Crippen molar-refractivity contribution < 1.29 is 28.2 Å². The van der Waals surface area contributed by atoms with Gasteiger partial charge in [-0.15, -0.1) is 0 Å². The highest BCUT2D eigenvalue weighted by atomic mass is 16.5. The van der Waals surface area contributed by atoms with Gasteiger partial charge in [0.05, 0.1) is 27.4 Å². The first kappa shape index (κ1) is 19.8. The van der Waals surface area contributed by atoms with Crippen molar-refractivity contribution in [2.24, 2.45) is 0 Å². The van der Waals surface area contributed by atoms with Gasteiger partial charge in [-0.05, 0) is 24.3 Å². The van der Waals surface area contributed by atoms with Crippen LogP contribution in [-0.2, 0) is 4.74 Å². The number of amides is 2. The van der Waals surface area contributed by atoms with E-state index in [1.807, 2.05) is 12.1 Å². The lowest BCUT2D eigenvalue weighted by molar-refractivity contribution is 0.0285. The highest BCUT2D eigenvalue weighted by Crippen LogP contribution is 2.34. The van der Waals surface area contributed by atoms with Gasteiger partial charge in [-0.2, -0.15) is 0 Å². The lowest BCUT2D eigenvalue weighted by atomic mass is 10.1. The van der Waals surface area contributed by atoms with Crippen LogP contribution in [0.5, 0.6) is 11.5 Å². The number of carbonyl (C=O) groups is 2. The predicted molar refractivity (Wildman–Crippen MR) is 110 cm³/mol. The van der Waals surface area contributed by atoms with Crippen LogP contribution in [0.25, 0.3) is 11.0 Å². The molecule has 8 nitrogen and oxygen atoms in total. The number of morpholine rings is 1. The molecule has 2 heterocycles. The van der Waals surface area contributed by atoms with Crippen molar-refractivity contribution in [3.05, 3.63) is 53.8 Å². The number of ether oxygens (including phenoxy) is 3. The van der Waals surface area contributed by atoms with E-state index in [0.717, 1.165) is 0 Å². The van der Waals surface area contributed by atoms with Gasteiger partial charge in [0.1, 0.15) is 28.3 Å². The molecule has 1 aliphatic rings. The summed E-state index contributed by atoms with van der Waals surface area (Å²) >= 11 is 0. The first-order valence-corrected chi connectivity index (χ1v) is 9.55. The topological polar surface area (TPSA) is 90.2 Å². The molecular weight excluding hydrogens is 388 g/mol. The molecule has 1 saturated heterocycles. The maximum absolute atomic E-state index is 13.2. The molecule has 0 radical (unpaired) electrons. The Kier molecular flexibility index (Phi) is 5.58. The Hall–Kier alpha value is -3.52. The maximum atomic E-state index is 13.2.